The number of rotatable bonds is 3. The molecule has 1 amide bonds. The lowest BCUT2D eigenvalue weighted by atomic mass is 9.99. The van der Waals surface area contributed by atoms with Gasteiger partial charge in [0, 0.05) is 11.3 Å². The Morgan fingerprint density at radius 3 is 2.59 bits per heavy atom. The minimum absolute atomic E-state index is 0.418. The van der Waals surface area contributed by atoms with E-state index in [1.807, 2.05) is 0 Å². The molecule has 22 heavy (non-hydrogen) atoms. The number of nitrogens with one attached hydrogen (secondary N) is 1. The smallest absolute Gasteiger partial charge is 0.258 e. The molecule has 6 atom stereocenters. The number of hydrogen-bond acceptors (Lipinski definition) is 7. The van der Waals surface area contributed by atoms with Crippen molar-refractivity contribution in [2.24, 2.45) is 0 Å². The quantitative estimate of drug-likeness (QED) is 0.459. The van der Waals surface area contributed by atoms with Gasteiger partial charge in [-0.1, -0.05) is 18.2 Å². The molecule has 2 aliphatic rings. The Morgan fingerprint density at radius 2 is 1.86 bits per heavy atom. The summed E-state index contributed by atoms with van der Waals surface area (Å²) in [4.78, 5) is 12.0. The molecule has 0 bridgehead atoms. The van der Waals surface area contributed by atoms with Crippen LogP contribution in [-0.4, -0.2) is 63.6 Å². The van der Waals surface area contributed by atoms with Crippen molar-refractivity contribution in [3.8, 4) is 0 Å². The van der Waals surface area contributed by atoms with E-state index in [-0.39, 0.29) is 0 Å². The molecule has 6 unspecified atom stereocenters. The Kier molecular flexibility index (Phi) is 4.13. The van der Waals surface area contributed by atoms with Crippen LogP contribution in [0, 0.1) is 0 Å². The van der Waals surface area contributed by atoms with E-state index in [9.17, 15) is 20.1 Å². The molecule has 0 aromatic heterocycles. The van der Waals surface area contributed by atoms with Crippen LogP contribution in [0.5, 0.6) is 0 Å². The first kappa shape index (κ1) is 15.3. The maximum Gasteiger partial charge on any atom is 0.258 e. The van der Waals surface area contributed by atoms with Crippen LogP contribution in [0.1, 0.15) is 11.7 Å². The van der Waals surface area contributed by atoms with Crippen LogP contribution in [0.3, 0.4) is 0 Å². The van der Waals surface area contributed by atoms with Crippen molar-refractivity contribution in [2.45, 2.75) is 36.8 Å². The zero-order valence-electron chi connectivity index (χ0n) is 11.5. The number of aliphatic hydroxyl groups is 4. The largest absolute Gasteiger partial charge is 0.394 e. The first-order valence-electron chi connectivity index (χ1n) is 6.88. The Bertz CT molecular complexity index is 564. The van der Waals surface area contributed by atoms with Crippen molar-refractivity contribution in [2.75, 3.05) is 11.9 Å². The molecular formula is C14H17NO7. The summed E-state index contributed by atoms with van der Waals surface area (Å²) in [5.74, 6) is -0.418. The number of carbonyl (C=O) groups is 1. The molecule has 8 nitrogen and oxygen atoms in total. The van der Waals surface area contributed by atoms with Crippen LogP contribution < -0.4 is 5.32 Å². The number of anilines is 1. The summed E-state index contributed by atoms with van der Waals surface area (Å²) in [5, 5.41) is 41.2. The second kappa shape index (κ2) is 5.92. The van der Waals surface area contributed by atoms with Crippen molar-refractivity contribution >= 4 is 11.6 Å². The van der Waals surface area contributed by atoms with Gasteiger partial charge in [0.1, 0.15) is 24.4 Å². The van der Waals surface area contributed by atoms with Gasteiger partial charge in [-0.05, 0) is 6.07 Å². The summed E-state index contributed by atoms with van der Waals surface area (Å²) in [5.41, 5.74) is 1.19. The van der Waals surface area contributed by atoms with Gasteiger partial charge in [0.05, 0.1) is 6.61 Å². The number of amides is 1. The summed E-state index contributed by atoms with van der Waals surface area (Å²) in [6.45, 7) is -0.557. The predicted octanol–water partition coefficient (Wildman–Crippen LogP) is -1.50. The van der Waals surface area contributed by atoms with Crippen LogP contribution in [0.25, 0.3) is 0 Å². The first-order valence-corrected chi connectivity index (χ1v) is 6.88. The van der Waals surface area contributed by atoms with Crippen molar-refractivity contribution < 1.29 is 34.7 Å². The highest BCUT2D eigenvalue weighted by atomic mass is 16.7. The molecule has 0 spiro atoms. The van der Waals surface area contributed by atoms with E-state index in [1.165, 1.54) is 0 Å². The number of ether oxygens (including phenoxy) is 2. The van der Waals surface area contributed by atoms with Crippen molar-refractivity contribution in [1.82, 2.24) is 0 Å². The van der Waals surface area contributed by atoms with Gasteiger partial charge in [-0.25, -0.2) is 0 Å². The van der Waals surface area contributed by atoms with E-state index in [4.69, 9.17) is 14.6 Å². The first-order chi connectivity index (χ1) is 10.5. The molecule has 5 N–H and O–H groups in total. The fraction of sp³-hybridized carbons (Fsp3) is 0.500. The molecule has 3 rings (SSSR count). The lowest BCUT2D eigenvalue weighted by Crippen LogP contribution is -2.59. The Hall–Kier alpha value is -1.55. The number of para-hydroxylation sites is 1. The molecule has 1 fully saturated rings. The Labute approximate surface area is 125 Å². The highest BCUT2D eigenvalue weighted by molar-refractivity contribution is 6.01. The van der Waals surface area contributed by atoms with Gasteiger partial charge in [-0.15, -0.1) is 0 Å². The molecule has 1 saturated heterocycles. The maximum atomic E-state index is 12.0. The molecule has 0 radical (unpaired) electrons. The number of hydrogen-bond donors (Lipinski definition) is 5. The zero-order chi connectivity index (χ0) is 15.9. The van der Waals surface area contributed by atoms with Crippen molar-refractivity contribution in [3.05, 3.63) is 29.8 Å². The van der Waals surface area contributed by atoms with Crippen LogP contribution >= 0.6 is 0 Å². The maximum absolute atomic E-state index is 12.0. The van der Waals surface area contributed by atoms with Gasteiger partial charge in [0.2, 0.25) is 0 Å². The molecule has 0 aliphatic carbocycles. The Balaban J connectivity index is 1.79. The van der Waals surface area contributed by atoms with Gasteiger partial charge in [0.25, 0.3) is 5.91 Å². The van der Waals surface area contributed by atoms with Crippen LogP contribution in [0.4, 0.5) is 5.69 Å². The van der Waals surface area contributed by atoms with E-state index in [0.717, 1.165) is 0 Å². The summed E-state index contributed by atoms with van der Waals surface area (Å²) in [6, 6.07) is 6.91. The minimum atomic E-state index is -1.55. The normalized spacial score (nSPS) is 37.7. The lowest BCUT2D eigenvalue weighted by molar-refractivity contribution is -0.308. The summed E-state index contributed by atoms with van der Waals surface area (Å²) >= 11 is 0. The van der Waals surface area contributed by atoms with Gasteiger partial charge in [-0.3, -0.25) is 4.79 Å². The minimum Gasteiger partial charge on any atom is -0.394 e. The van der Waals surface area contributed by atoms with E-state index >= 15 is 0 Å². The molecule has 1 aromatic rings. The van der Waals surface area contributed by atoms with E-state index in [2.05, 4.69) is 5.32 Å². The molecule has 0 saturated carbocycles. The Morgan fingerprint density at radius 1 is 1.14 bits per heavy atom. The summed E-state index contributed by atoms with van der Waals surface area (Å²) < 4.78 is 10.7. The van der Waals surface area contributed by atoms with E-state index in [0.29, 0.717) is 11.3 Å². The van der Waals surface area contributed by atoms with Gasteiger partial charge in [0.15, 0.2) is 12.4 Å². The van der Waals surface area contributed by atoms with Crippen LogP contribution in [0.2, 0.25) is 0 Å². The fourth-order valence-electron chi connectivity index (χ4n) is 2.63. The van der Waals surface area contributed by atoms with Crippen molar-refractivity contribution in [1.29, 1.82) is 0 Å². The van der Waals surface area contributed by atoms with Gasteiger partial charge < -0.3 is 35.2 Å². The number of carbonyl (C=O) groups excluding carboxylic acids is 1. The topological polar surface area (TPSA) is 128 Å². The fourth-order valence-corrected chi connectivity index (χ4v) is 2.63. The molecule has 120 valence electrons. The predicted molar refractivity (Wildman–Crippen MR) is 72.7 cm³/mol. The molecule has 1 aromatic carbocycles. The standard InChI is InChI=1S/C14H17NO7/c16-5-8-9(17)10(18)11(19)14(21-8)22-12-6-3-1-2-4-7(6)15-13(12)20/h1-4,8-12,14,16-19H,5H2,(H,15,20). The second-order valence-corrected chi connectivity index (χ2v) is 5.29. The van der Waals surface area contributed by atoms with Crippen LogP contribution in [0.15, 0.2) is 24.3 Å². The number of benzene rings is 1. The van der Waals surface area contributed by atoms with Crippen molar-refractivity contribution in [3.63, 3.8) is 0 Å². The molecule has 2 aliphatic heterocycles. The highest BCUT2D eigenvalue weighted by Gasteiger charge is 2.46. The summed E-state index contributed by atoms with van der Waals surface area (Å²) in [7, 11) is 0. The third kappa shape index (κ3) is 2.50. The molecule has 2 heterocycles. The van der Waals surface area contributed by atoms with Gasteiger partial charge >= 0.3 is 0 Å². The number of aliphatic hydroxyl groups excluding tert-OH is 4. The average molecular weight is 311 g/mol. The third-order valence-electron chi connectivity index (χ3n) is 3.86. The molecule has 8 heteroatoms. The number of fused-ring (bicyclic) bond motifs is 1. The average Bonchev–Trinajstić information content (AvgIpc) is 2.83. The second-order valence-electron chi connectivity index (χ2n) is 5.29. The lowest BCUT2D eigenvalue weighted by Gasteiger charge is -2.40. The van der Waals surface area contributed by atoms with Gasteiger partial charge in [-0.2, -0.15) is 0 Å². The zero-order valence-corrected chi connectivity index (χ0v) is 11.5. The summed E-state index contributed by atoms with van der Waals surface area (Å²) in [6.07, 6.45) is -7.99. The van der Waals surface area contributed by atoms with E-state index in [1.54, 1.807) is 24.3 Å². The SMILES string of the molecule is O=C1Nc2ccccc2C1OC1OC(CO)C(O)C(O)C1O. The van der Waals surface area contributed by atoms with E-state index < -0.39 is 49.3 Å². The highest BCUT2D eigenvalue weighted by Crippen LogP contribution is 2.35. The van der Waals surface area contributed by atoms with Crippen LogP contribution in [-0.2, 0) is 14.3 Å². The molecular weight excluding hydrogens is 294 g/mol. The third-order valence-corrected chi connectivity index (χ3v) is 3.86. The monoisotopic (exact) mass is 311 g/mol.